The zero-order valence-electron chi connectivity index (χ0n) is 19.1. The molecule has 0 bridgehead atoms. The molecule has 1 amide bonds. The SMILES string of the molecule is Cc1ccc2c(N3CC[C@@H](NC(=O)CCc4cccnc4)C3)nc(-c3ccccc3O)nc2c1. The fourth-order valence-electron chi connectivity index (χ4n) is 4.42. The Morgan fingerprint density at radius 3 is 2.85 bits per heavy atom. The number of aromatic nitrogens is 3. The fourth-order valence-corrected chi connectivity index (χ4v) is 4.42. The number of para-hydroxylation sites is 1. The minimum Gasteiger partial charge on any atom is -0.507 e. The van der Waals surface area contributed by atoms with Gasteiger partial charge in [-0.1, -0.05) is 24.3 Å². The normalized spacial score (nSPS) is 15.6. The zero-order valence-corrected chi connectivity index (χ0v) is 19.1. The van der Waals surface area contributed by atoms with Crippen molar-refractivity contribution in [2.24, 2.45) is 0 Å². The standard InChI is InChI=1S/C27H27N5O2/c1-18-8-10-21-23(15-18)30-26(22-6-2-3-7-24(22)33)31-27(21)32-14-12-20(17-32)29-25(34)11-9-19-5-4-13-28-16-19/h2-8,10,13,15-16,20,33H,9,11-12,14,17H2,1H3,(H,29,34)/t20-/m1/s1. The maximum absolute atomic E-state index is 12.5. The van der Waals surface area contributed by atoms with Crippen LogP contribution in [0.5, 0.6) is 5.75 Å². The molecule has 1 aliphatic rings. The summed E-state index contributed by atoms with van der Waals surface area (Å²) in [6.45, 7) is 3.50. The summed E-state index contributed by atoms with van der Waals surface area (Å²) in [7, 11) is 0. The molecular formula is C27H27N5O2. The summed E-state index contributed by atoms with van der Waals surface area (Å²) in [5, 5.41) is 14.5. The van der Waals surface area contributed by atoms with Crippen LogP contribution in [-0.4, -0.2) is 45.1 Å². The van der Waals surface area contributed by atoms with Gasteiger partial charge in [0.15, 0.2) is 5.82 Å². The molecule has 0 radical (unpaired) electrons. The number of nitrogens with zero attached hydrogens (tertiary/aromatic N) is 4. The first kappa shape index (κ1) is 21.8. The highest BCUT2D eigenvalue weighted by molar-refractivity contribution is 5.92. The molecule has 0 spiro atoms. The summed E-state index contributed by atoms with van der Waals surface area (Å²) in [5.74, 6) is 1.53. The number of carbonyl (C=O) groups excluding carboxylic acids is 1. The summed E-state index contributed by atoms with van der Waals surface area (Å²) in [6.07, 6.45) is 5.50. The summed E-state index contributed by atoms with van der Waals surface area (Å²) >= 11 is 0. The average Bonchev–Trinajstić information content (AvgIpc) is 3.31. The molecule has 0 unspecified atom stereocenters. The molecule has 1 fully saturated rings. The van der Waals surface area contributed by atoms with Gasteiger partial charge in [-0.3, -0.25) is 9.78 Å². The number of aromatic hydroxyl groups is 1. The van der Waals surface area contributed by atoms with E-state index < -0.39 is 0 Å². The van der Waals surface area contributed by atoms with E-state index in [0.717, 1.165) is 40.8 Å². The number of rotatable bonds is 6. The van der Waals surface area contributed by atoms with E-state index in [1.165, 1.54) is 0 Å². The lowest BCUT2D eigenvalue weighted by Gasteiger charge is -2.21. The maximum Gasteiger partial charge on any atom is 0.220 e. The van der Waals surface area contributed by atoms with Crippen molar-refractivity contribution in [3.63, 3.8) is 0 Å². The number of anilines is 1. The first-order valence-electron chi connectivity index (χ1n) is 11.6. The third kappa shape index (κ3) is 4.69. The number of hydrogen-bond acceptors (Lipinski definition) is 6. The van der Waals surface area contributed by atoms with Crippen LogP contribution in [0.25, 0.3) is 22.3 Å². The minimum atomic E-state index is 0.0498. The molecule has 7 nitrogen and oxygen atoms in total. The summed E-state index contributed by atoms with van der Waals surface area (Å²) in [4.78, 5) is 28.5. The van der Waals surface area contributed by atoms with Crippen LogP contribution in [0.15, 0.2) is 67.0 Å². The third-order valence-electron chi connectivity index (χ3n) is 6.19. The fraction of sp³-hybridized carbons (Fsp3) is 0.259. The first-order valence-corrected chi connectivity index (χ1v) is 11.6. The Kier molecular flexibility index (Phi) is 6.08. The second kappa shape index (κ2) is 9.47. The molecule has 3 heterocycles. The van der Waals surface area contributed by atoms with Gasteiger partial charge < -0.3 is 15.3 Å². The van der Waals surface area contributed by atoms with E-state index in [0.29, 0.717) is 30.8 Å². The van der Waals surface area contributed by atoms with Crippen molar-refractivity contribution >= 4 is 22.6 Å². The summed E-state index contributed by atoms with van der Waals surface area (Å²) < 4.78 is 0. The van der Waals surface area contributed by atoms with Gasteiger partial charge >= 0.3 is 0 Å². The number of phenolic OH excluding ortho intramolecular Hbond substituents is 1. The minimum absolute atomic E-state index is 0.0498. The lowest BCUT2D eigenvalue weighted by Crippen LogP contribution is -2.37. The van der Waals surface area contributed by atoms with Gasteiger partial charge in [-0.25, -0.2) is 9.97 Å². The van der Waals surface area contributed by atoms with Crippen molar-refractivity contribution in [2.75, 3.05) is 18.0 Å². The molecular weight excluding hydrogens is 426 g/mol. The molecule has 172 valence electrons. The molecule has 2 aromatic carbocycles. The quantitative estimate of drug-likeness (QED) is 0.458. The maximum atomic E-state index is 12.5. The Bertz CT molecular complexity index is 1330. The van der Waals surface area contributed by atoms with Gasteiger partial charge in [0.1, 0.15) is 11.6 Å². The van der Waals surface area contributed by atoms with Crippen molar-refractivity contribution < 1.29 is 9.90 Å². The van der Waals surface area contributed by atoms with Crippen molar-refractivity contribution in [3.05, 3.63) is 78.1 Å². The average molecular weight is 454 g/mol. The second-order valence-corrected chi connectivity index (χ2v) is 8.77. The predicted octanol–water partition coefficient (Wildman–Crippen LogP) is 4.03. The van der Waals surface area contributed by atoms with E-state index in [-0.39, 0.29) is 17.7 Å². The molecule has 4 aromatic rings. The van der Waals surface area contributed by atoms with Gasteiger partial charge in [0.25, 0.3) is 0 Å². The van der Waals surface area contributed by atoms with Crippen molar-refractivity contribution in [1.29, 1.82) is 0 Å². The van der Waals surface area contributed by atoms with E-state index in [2.05, 4.69) is 27.3 Å². The topological polar surface area (TPSA) is 91.2 Å². The van der Waals surface area contributed by atoms with Crippen LogP contribution in [0.2, 0.25) is 0 Å². The molecule has 0 aliphatic carbocycles. The van der Waals surface area contributed by atoms with Crippen LogP contribution in [-0.2, 0) is 11.2 Å². The van der Waals surface area contributed by atoms with E-state index >= 15 is 0 Å². The van der Waals surface area contributed by atoms with Gasteiger partial charge in [-0.05, 0) is 61.2 Å². The largest absolute Gasteiger partial charge is 0.507 e. The van der Waals surface area contributed by atoms with Crippen LogP contribution in [0.1, 0.15) is 24.0 Å². The first-order chi connectivity index (χ1) is 16.6. The number of fused-ring (bicyclic) bond motifs is 1. The number of benzene rings is 2. The lowest BCUT2D eigenvalue weighted by molar-refractivity contribution is -0.121. The monoisotopic (exact) mass is 453 g/mol. The Balaban J connectivity index is 1.35. The number of carbonyl (C=O) groups is 1. The molecule has 34 heavy (non-hydrogen) atoms. The van der Waals surface area contributed by atoms with Gasteiger partial charge in [0.2, 0.25) is 5.91 Å². The second-order valence-electron chi connectivity index (χ2n) is 8.77. The Morgan fingerprint density at radius 2 is 2.03 bits per heavy atom. The van der Waals surface area contributed by atoms with Crippen LogP contribution >= 0.6 is 0 Å². The van der Waals surface area contributed by atoms with Crippen molar-refractivity contribution in [3.8, 4) is 17.1 Å². The van der Waals surface area contributed by atoms with Crippen molar-refractivity contribution in [1.82, 2.24) is 20.3 Å². The highest BCUT2D eigenvalue weighted by Gasteiger charge is 2.27. The third-order valence-corrected chi connectivity index (χ3v) is 6.19. The van der Waals surface area contributed by atoms with E-state index in [9.17, 15) is 9.90 Å². The molecule has 1 saturated heterocycles. The van der Waals surface area contributed by atoms with E-state index in [1.54, 1.807) is 24.5 Å². The predicted molar refractivity (Wildman–Crippen MR) is 133 cm³/mol. The summed E-state index contributed by atoms with van der Waals surface area (Å²) in [6, 6.07) is 17.2. The highest BCUT2D eigenvalue weighted by Crippen LogP contribution is 2.33. The number of aryl methyl sites for hydroxylation is 2. The van der Waals surface area contributed by atoms with Gasteiger partial charge in [-0.15, -0.1) is 0 Å². The van der Waals surface area contributed by atoms with Crippen LogP contribution in [0.3, 0.4) is 0 Å². The van der Waals surface area contributed by atoms with Crippen molar-refractivity contribution in [2.45, 2.75) is 32.2 Å². The number of nitrogens with one attached hydrogen (secondary N) is 1. The number of phenols is 1. The Morgan fingerprint density at radius 1 is 1.15 bits per heavy atom. The molecule has 7 heteroatoms. The van der Waals surface area contributed by atoms with E-state index in [1.807, 2.05) is 37.3 Å². The van der Waals surface area contributed by atoms with Crippen LogP contribution in [0, 0.1) is 6.92 Å². The Labute approximate surface area is 198 Å². The molecule has 2 aromatic heterocycles. The highest BCUT2D eigenvalue weighted by atomic mass is 16.3. The zero-order chi connectivity index (χ0) is 23.5. The number of hydrogen-bond donors (Lipinski definition) is 2. The van der Waals surface area contributed by atoms with Crippen LogP contribution in [0.4, 0.5) is 5.82 Å². The number of amides is 1. The molecule has 2 N–H and O–H groups in total. The summed E-state index contributed by atoms with van der Waals surface area (Å²) in [5.41, 5.74) is 3.62. The smallest absolute Gasteiger partial charge is 0.220 e. The molecule has 5 rings (SSSR count). The lowest BCUT2D eigenvalue weighted by atomic mass is 10.1. The van der Waals surface area contributed by atoms with Gasteiger partial charge in [-0.2, -0.15) is 0 Å². The van der Waals surface area contributed by atoms with E-state index in [4.69, 9.17) is 9.97 Å². The van der Waals surface area contributed by atoms with Gasteiger partial charge in [0, 0.05) is 43.3 Å². The number of pyridine rings is 1. The molecule has 1 atom stereocenters. The Hall–Kier alpha value is -4.00. The van der Waals surface area contributed by atoms with Gasteiger partial charge in [0.05, 0.1) is 11.1 Å². The van der Waals surface area contributed by atoms with Crippen LogP contribution < -0.4 is 10.2 Å². The molecule has 0 saturated carbocycles. The molecule has 1 aliphatic heterocycles.